The van der Waals surface area contributed by atoms with Gasteiger partial charge in [0.25, 0.3) is 5.91 Å². The molecule has 0 unspecified atom stereocenters. The molecule has 0 bridgehead atoms. The molecule has 2 aromatic rings. The van der Waals surface area contributed by atoms with Gasteiger partial charge in [-0.25, -0.2) is 0 Å². The molecule has 2 rings (SSSR count). The third kappa shape index (κ3) is 3.95. The Labute approximate surface area is 114 Å². The molecule has 1 N–H and O–H groups in total. The smallest absolute Gasteiger partial charge is 0.255 e. The standard InChI is InChI=1S/C17H19NO/c1-2-3-8-14-9-7-12-16(13-14)18-17(19)15-10-5-4-6-11-15/h4-7,9-13H,2-3,8H2,1H3,(H,18,19). The molecule has 0 aromatic heterocycles. The van der Waals surface area contributed by atoms with E-state index >= 15 is 0 Å². The van der Waals surface area contributed by atoms with E-state index in [2.05, 4.69) is 24.4 Å². The van der Waals surface area contributed by atoms with E-state index in [1.807, 2.05) is 42.5 Å². The number of amides is 1. The van der Waals surface area contributed by atoms with Crippen LogP contribution in [-0.2, 0) is 6.42 Å². The second-order valence-electron chi connectivity index (χ2n) is 4.62. The zero-order chi connectivity index (χ0) is 13.5. The molecule has 0 aliphatic carbocycles. The molecule has 19 heavy (non-hydrogen) atoms. The number of hydrogen-bond acceptors (Lipinski definition) is 1. The van der Waals surface area contributed by atoms with Gasteiger partial charge in [-0.15, -0.1) is 0 Å². The van der Waals surface area contributed by atoms with Crippen molar-refractivity contribution in [1.29, 1.82) is 0 Å². The van der Waals surface area contributed by atoms with Crippen LogP contribution in [0.1, 0.15) is 35.7 Å². The van der Waals surface area contributed by atoms with E-state index < -0.39 is 0 Å². The van der Waals surface area contributed by atoms with Crippen molar-refractivity contribution in [2.24, 2.45) is 0 Å². The highest BCUT2D eigenvalue weighted by Gasteiger charge is 2.05. The molecule has 0 radical (unpaired) electrons. The minimum atomic E-state index is -0.0618. The molecule has 0 saturated heterocycles. The van der Waals surface area contributed by atoms with E-state index in [1.165, 1.54) is 18.4 Å². The van der Waals surface area contributed by atoms with E-state index in [0.717, 1.165) is 12.1 Å². The van der Waals surface area contributed by atoms with Gasteiger partial charge in [-0.05, 0) is 42.7 Å². The summed E-state index contributed by atoms with van der Waals surface area (Å²) >= 11 is 0. The van der Waals surface area contributed by atoms with Crippen molar-refractivity contribution in [3.8, 4) is 0 Å². The van der Waals surface area contributed by atoms with Crippen molar-refractivity contribution < 1.29 is 4.79 Å². The van der Waals surface area contributed by atoms with Crippen LogP contribution in [0.5, 0.6) is 0 Å². The zero-order valence-corrected chi connectivity index (χ0v) is 11.2. The average molecular weight is 253 g/mol. The lowest BCUT2D eigenvalue weighted by Gasteiger charge is -2.07. The van der Waals surface area contributed by atoms with Gasteiger partial charge in [0.15, 0.2) is 0 Å². The third-order valence-electron chi connectivity index (χ3n) is 3.04. The normalized spacial score (nSPS) is 10.2. The van der Waals surface area contributed by atoms with Gasteiger partial charge in [-0.2, -0.15) is 0 Å². The predicted octanol–water partition coefficient (Wildman–Crippen LogP) is 4.28. The minimum absolute atomic E-state index is 0.0618. The number of anilines is 1. The Morgan fingerprint density at radius 3 is 2.58 bits per heavy atom. The van der Waals surface area contributed by atoms with Crippen LogP contribution in [-0.4, -0.2) is 5.91 Å². The summed E-state index contributed by atoms with van der Waals surface area (Å²) in [7, 11) is 0. The number of unbranched alkanes of at least 4 members (excludes halogenated alkanes) is 1. The summed E-state index contributed by atoms with van der Waals surface area (Å²) in [6.07, 6.45) is 3.42. The summed E-state index contributed by atoms with van der Waals surface area (Å²) in [5, 5.41) is 2.94. The largest absolute Gasteiger partial charge is 0.322 e. The summed E-state index contributed by atoms with van der Waals surface area (Å²) < 4.78 is 0. The van der Waals surface area contributed by atoms with Gasteiger partial charge in [0, 0.05) is 11.3 Å². The number of hydrogen-bond donors (Lipinski definition) is 1. The first-order chi connectivity index (χ1) is 9.29. The molecule has 0 spiro atoms. The lowest BCUT2D eigenvalue weighted by Crippen LogP contribution is -2.11. The van der Waals surface area contributed by atoms with Crippen molar-refractivity contribution in [3.05, 3.63) is 65.7 Å². The molecule has 0 heterocycles. The number of carbonyl (C=O) groups is 1. The fourth-order valence-electron chi connectivity index (χ4n) is 1.98. The summed E-state index contributed by atoms with van der Waals surface area (Å²) in [4.78, 5) is 12.0. The summed E-state index contributed by atoms with van der Waals surface area (Å²) in [5.41, 5.74) is 2.82. The Balaban J connectivity index is 2.05. The summed E-state index contributed by atoms with van der Waals surface area (Å²) in [6.45, 7) is 2.18. The SMILES string of the molecule is CCCCc1cccc(NC(=O)c2ccccc2)c1. The van der Waals surface area contributed by atoms with Crippen molar-refractivity contribution in [3.63, 3.8) is 0 Å². The molecule has 2 nitrogen and oxygen atoms in total. The fraction of sp³-hybridized carbons (Fsp3) is 0.235. The van der Waals surface area contributed by atoms with Crippen molar-refractivity contribution in [2.45, 2.75) is 26.2 Å². The van der Waals surface area contributed by atoms with Crippen LogP contribution in [0.3, 0.4) is 0 Å². The topological polar surface area (TPSA) is 29.1 Å². The van der Waals surface area contributed by atoms with E-state index in [1.54, 1.807) is 0 Å². The monoisotopic (exact) mass is 253 g/mol. The molecule has 98 valence electrons. The highest BCUT2D eigenvalue weighted by Crippen LogP contribution is 2.14. The predicted molar refractivity (Wildman–Crippen MR) is 79.4 cm³/mol. The van der Waals surface area contributed by atoms with Gasteiger partial charge < -0.3 is 5.32 Å². The van der Waals surface area contributed by atoms with Crippen LogP contribution in [0.2, 0.25) is 0 Å². The van der Waals surface area contributed by atoms with Crippen molar-refractivity contribution in [2.75, 3.05) is 5.32 Å². The van der Waals surface area contributed by atoms with Crippen LogP contribution in [0.15, 0.2) is 54.6 Å². The van der Waals surface area contributed by atoms with Crippen LogP contribution in [0.25, 0.3) is 0 Å². The lowest BCUT2D eigenvalue weighted by molar-refractivity contribution is 0.102. The molecule has 1 amide bonds. The second kappa shape index (κ2) is 6.74. The number of carbonyl (C=O) groups excluding carboxylic acids is 1. The maximum Gasteiger partial charge on any atom is 0.255 e. The highest BCUT2D eigenvalue weighted by atomic mass is 16.1. The summed E-state index contributed by atoms with van der Waals surface area (Å²) in [5.74, 6) is -0.0618. The number of rotatable bonds is 5. The molecular weight excluding hydrogens is 234 g/mol. The quantitative estimate of drug-likeness (QED) is 0.846. The maximum absolute atomic E-state index is 12.0. The Kier molecular flexibility index (Phi) is 4.73. The highest BCUT2D eigenvalue weighted by molar-refractivity contribution is 6.04. The van der Waals surface area contributed by atoms with Gasteiger partial charge in [0.2, 0.25) is 0 Å². The van der Waals surface area contributed by atoms with E-state index in [0.29, 0.717) is 5.56 Å². The average Bonchev–Trinajstić information content (AvgIpc) is 2.46. The summed E-state index contributed by atoms with van der Waals surface area (Å²) in [6, 6.07) is 17.3. The van der Waals surface area contributed by atoms with Gasteiger partial charge in [0.05, 0.1) is 0 Å². The number of nitrogens with one attached hydrogen (secondary N) is 1. The van der Waals surface area contributed by atoms with Crippen LogP contribution in [0, 0.1) is 0 Å². The lowest BCUT2D eigenvalue weighted by atomic mass is 10.1. The van der Waals surface area contributed by atoms with Gasteiger partial charge in [-0.1, -0.05) is 43.7 Å². The molecule has 0 fully saturated rings. The number of benzene rings is 2. The Morgan fingerprint density at radius 2 is 1.84 bits per heavy atom. The Morgan fingerprint density at radius 1 is 1.05 bits per heavy atom. The van der Waals surface area contributed by atoms with Gasteiger partial charge in [0.1, 0.15) is 0 Å². The molecule has 0 aliphatic rings. The van der Waals surface area contributed by atoms with Gasteiger partial charge in [-0.3, -0.25) is 4.79 Å². The van der Waals surface area contributed by atoms with E-state index in [-0.39, 0.29) is 5.91 Å². The van der Waals surface area contributed by atoms with Crippen molar-refractivity contribution in [1.82, 2.24) is 0 Å². The molecule has 2 aromatic carbocycles. The Bertz CT molecular complexity index is 534. The van der Waals surface area contributed by atoms with Crippen LogP contribution >= 0.6 is 0 Å². The molecular formula is C17H19NO. The first-order valence-corrected chi connectivity index (χ1v) is 6.75. The van der Waals surface area contributed by atoms with Gasteiger partial charge >= 0.3 is 0 Å². The van der Waals surface area contributed by atoms with Crippen LogP contribution in [0.4, 0.5) is 5.69 Å². The first-order valence-electron chi connectivity index (χ1n) is 6.75. The maximum atomic E-state index is 12.0. The first kappa shape index (κ1) is 13.3. The number of aryl methyl sites for hydroxylation is 1. The second-order valence-corrected chi connectivity index (χ2v) is 4.62. The zero-order valence-electron chi connectivity index (χ0n) is 11.2. The minimum Gasteiger partial charge on any atom is -0.322 e. The third-order valence-corrected chi connectivity index (χ3v) is 3.04. The fourth-order valence-corrected chi connectivity index (χ4v) is 1.98. The molecule has 2 heteroatoms. The van der Waals surface area contributed by atoms with Crippen LogP contribution < -0.4 is 5.32 Å². The van der Waals surface area contributed by atoms with E-state index in [9.17, 15) is 4.79 Å². The van der Waals surface area contributed by atoms with E-state index in [4.69, 9.17) is 0 Å². The van der Waals surface area contributed by atoms with Crippen molar-refractivity contribution >= 4 is 11.6 Å². The molecule has 0 atom stereocenters. The molecule has 0 aliphatic heterocycles. The molecule has 0 saturated carbocycles. The Hall–Kier alpha value is -2.09.